The molecule has 1 rings (SSSR count). The second-order valence-electron chi connectivity index (χ2n) is 4.54. The van der Waals surface area contributed by atoms with Gasteiger partial charge in [-0.15, -0.1) is 0 Å². The van der Waals surface area contributed by atoms with Crippen LogP contribution >= 0.6 is 11.8 Å². The van der Waals surface area contributed by atoms with E-state index in [4.69, 9.17) is 5.11 Å². The van der Waals surface area contributed by atoms with Crippen molar-refractivity contribution >= 4 is 23.6 Å². The number of carboxylic acid groups (broad SMARTS) is 1. The van der Waals surface area contributed by atoms with Crippen LogP contribution < -0.4 is 0 Å². The van der Waals surface area contributed by atoms with E-state index in [9.17, 15) is 9.59 Å². The molecule has 7 heteroatoms. The fraction of sp³-hybridized carbons (Fsp3) is 0.643. The molecule has 118 valence electrons. The summed E-state index contributed by atoms with van der Waals surface area (Å²) in [6, 6.07) is 0. The van der Waals surface area contributed by atoms with Gasteiger partial charge in [0.2, 0.25) is 5.91 Å². The summed E-state index contributed by atoms with van der Waals surface area (Å²) in [5.41, 5.74) is 1.02. The van der Waals surface area contributed by atoms with Gasteiger partial charge in [-0.1, -0.05) is 18.7 Å². The molecule has 1 heterocycles. The first-order chi connectivity index (χ1) is 10.0. The molecule has 0 unspecified atom stereocenters. The Balaban J connectivity index is 2.73. The average Bonchev–Trinajstić information content (AvgIpc) is 2.86. The monoisotopic (exact) mass is 313 g/mol. The third-order valence-corrected chi connectivity index (χ3v) is 4.23. The van der Waals surface area contributed by atoms with Gasteiger partial charge in [0.05, 0.1) is 5.75 Å². The summed E-state index contributed by atoms with van der Waals surface area (Å²) in [5, 5.41) is 9.43. The summed E-state index contributed by atoms with van der Waals surface area (Å²) in [4.78, 5) is 28.8. The molecule has 0 spiro atoms. The van der Waals surface area contributed by atoms with Crippen molar-refractivity contribution in [2.24, 2.45) is 0 Å². The van der Waals surface area contributed by atoms with Crippen LogP contribution in [0.3, 0.4) is 0 Å². The standard InChI is InChI=1S/C14H23N3O3S/c1-4-11-9-15-14(21-10-13(19)20)17(11)8-7-12(18)16(5-2)6-3/h9H,4-8,10H2,1-3H3,(H,19,20). The fourth-order valence-electron chi connectivity index (χ4n) is 2.10. The quantitative estimate of drug-likeness (QED) is 0.705. The van der Waals surface area contributed by atoms with Gasteiger partial charge in [0.25, 0.3) is 0 Å². The van der Waals surface area contributed by atoms with Gasteiger partial charge in [0.15, 0.2) is 5.16 Å². The molecular weight excluding hydrogens is 290 g/mol. The fourth-order valence-corrected chi connectivity index (χ4v) is 2.84. The molecule has 0 saturated heterocycles. The van der Waals surface area contributed by atoms with E-state index >= 15 is 0 Å². The zero-order valence-electron chi connectivity index (χ0n) is 12.8. The number of hydrogen-bond donors (Lipinski definition) is 1. The number of imidazole rings is 1. The van der Waals surface area contributed by atoms with Crippen LogP contribution in [0, 0.1) is 0 Å². The number of aliphatic carboxylic acids is 1. The van der Waals surface area contributed by atoms with E-state index < -0.39 is 5.97 Å². The number of amides is 1. The summed E-state index contributed by atoms with van der Waals surface area (Å²) in [6.07, 6.45) is 2.97. The molecule has 0 saturated carbocycles. The number of hydrogen-bond acceptors (Lipinski definition) is 4. The molecule has 1 aromatic heterocycles. The maximum atomic E-state index is 12.1. The minimum atomic E-state index is -0.869. The lowest BCUT2D eigenvalue weighted by atomic mass is 10.3. The van der Waals surface area contributed by atoms with Gasteiger partial charge in [-0.3, -0.25) is 9.59 Å². The lowest BCUT2D eigenvalue weighted by Crippen LogP contribution is -2.31. The molecule has 6 nitrogen and oxygen atoms in total. The summed E-state index contributed by atoms with van der Waals surface area (Å²) >= 11 is 1.19. The first-order valence-corrected chi connectivity index (χ1v) is 8.18. The van der Waals surface area contributed by atoms with E-state index in [1.165, 1.54) is 11.8 Å². The van der Waals surface area contributed by atoms with Crippen molar-refractivity contribution in [3.05, 3.63) is 11.9 Å². The van der Waals surface area contributed by atoms with E-state index in [1.54, 1.807) is 11.1 Å². The molecule has 1 N–H and O–H groups in total. The smallest absolute Gasteiger partial charge is 0.313 e. The molecule has 0 fully saturated rings. The molecule has 1 aromatic rings. The Kier molecular flexibility index (Phi) is 7.28. The summed E-state index contributed by atoms with van der Waals surface area (Å²) in [7, 11) is 0. The third kappa shape index (κ3) is 5.08. The minimum absolute atomic E-state index is 0.0237. The Labute approximate surface area is 129 Å². The SMILES string of the molecule is CCc1cnc(SCC(=O)O)n1CCC(=O)N(CC)CC. The molecular formula is C14H23N3O3S. The van der Waals surface area contributed by atoms with Crippen molar-refractivity contribution in [1.29, 1.82) is 0 Å². The lowest BCUT2D eigenvalue weighted by molar-refractivity contribution is -0.134. The summed E-state index contributed by atoms with van der Waals surface area (Å²) in [6.45, 7) is 7.90. The number of nitrogens with zero attached hydrogens (tertiary/aromatic N) is 3. The van der Waals surface area contributed by atoms with Crippen LogP contribution in [0.1, 0.15) is 32.9 Å². The molecule has 0 aliphatic heterocycles. The predicted octanol–water partition coefficient (Wildman–Crippen LogP) is 1.88. The van der Waals surface area contributed by atoms with Crippen LogP contribution in [0.25, 0.3) is 0 Å². The predicted molar refractivity (Wildman–Crippen MR) is 82.5 cm³/mol. The molecule has 0 radical (unpaired) electrons. The normalized spacial score (nSPS) is 10.6. The maximum Gasteiger partial charge on any atom is 0.313 e. The summed E-state index contributed by atoms with van der Waals surface area (Å²) in [5.74, 6) is -0.777. The number of carboxylic acids is 1. The van der Waals surface area contributed by atoms with Crippen molar-refractivity contribution in [3.8, 4) is 0 Å². The van der Waals surface area contributed by atoms with E-state index in [0.29, 0.717) is 31.2 Å². The highest BCUT2D eigenvalue weighted by Crippen LogP contribution is 2.19. The van der Waals surface area contributed by atoms with Gasteiger partial charge in [0, 0.05) is 37.9 Å². The van der Waals surface area contributed by atoms with E-state index in [2.05, 4.69) is 4.98 Å². The average molecular weight is 313 g/mol. The van der Waals surface area contributed by atoms with Gasteiger partial charge < -0.3 is 14.6 Å². The topological polar surface area (TPSA) is 75.4 Å². The van der Waals surface area contributed by atoms with Gasteiger partial charge in [-0.2, -0.15) is 0 Å². The van der Waals surface area contributed by atoms with Crippen molar-refractivity contribution < 1.29 is 14.7 Å². The highest BCUT2D eigenvalue weighted by Gasteiger charge is 2.14. The number of thioether (sulfide) groups is 1. The Morgan fingerprint density at radius 1 is 1.33 bits per heavy atom. The van der Waals surface area contributed by atoms with E-state index in [1.807, 2.05) is 25.3 Å². The molecule has 0 aromatic carbocycles. The number of carbonyl (C=O) groups is 2. The van der Waals surface area contributed by atoms with Gasteiger partial charge in [-0.25, -0.2) is 4.98 Å². The van der Waals surface area contributed by atoms with Crippen molar-refractivity contribution in [1.82, 2.24) is 14.5 Å². The number of aryl methyl sites for hydroxylation is 1. The van der Waals surface area contributed by atoms with Crippen molar-refractivity contribution in [2.75, 3.05) is 18.8 Å². The largest absolute Gasteiger partial charge is 0.481 e. The van der Waals surface area contributed by atoms with Crippen LogP contribution in [0.2, 0.25) is 0 Å². The molecule has 21 heavy (non-hydrogen) atoms. The van der Waals surface area contributed by atoms with Gasteiger partial charge in [0.1, 0.15) is 0 Å². The minimum Gasteiger partial charge on any atom is -0.481 e. The molecule has 0 aliphatic rings. The number of rotatable bonds is 9. The Hall–Kier alpha value is -1.50. The molecule has 0 aliphatic carbocycles. The zero-order valence-corrected chi connectivity index (χ0v) is 13.7. The van der Waals surface area contributed by atoms with Crippen LogP contribution in [-0.4, -0.2) is 50.3 Å². The van der Waals surface area contributed by atoms with Crippen LogP contribution in [0.5, 0.6) is 0 Å². The van der Waals surface area contributed by atoms with Crippen LogP contribution in [0.4, 0.5) is 0 Å². The Morgan fingerprint density at radius 3 is 2.52 bits per heavy atom. The van der Waals surface area contributed by atoms with E-state index in [0.717, 1.165) is 12.1 Å². The summed E-state index contributed by atoms with van der Waals surface area (Å²) < 4.78 is 1.95. The first kappa shape index (κ1) is 17.6. The van der Waals surface area contributed by atoms with Gasteiger partial charge in [-0.05, 0) is 20.3 Å². The van der Waals surface area contributed by atoms with E-state index in [-0.39, 0.29) is 11.7 Å². The first-order valence-electron chi connectivity index (χ1n) is 7.20. The number of carbonyl (C=O) groups excluding carboxylic acids is 1. The highest BCUT2D eigenvalue weighted by atomic mass is 32.2. The van der Waals surface area contributed by atoms with Crippen LogP contribution in [-0.2, 0) is 22.6 Å². The van der Waals surface area contributed by atoms with Crippen molar-refractivity contribution in [2.45, 2.75) is 45.3 Å². The van der Waals surface area contributed by atoms with Crippen molar-refractivity contribution in [3.63, 3.8) is 0 Å². The second kappa shape index (κ2) is 8.71. The third-order valence-electron chi connectivity index (χ3n) is 3.25. The Morgan fingerprint density at radius 2 is 2.00 bits per heavy atom. The molecule has 0 atom stereocenters. The second-order valence-corrected chi connectivity index (χ2v) is 5.48. The molecule has 0 bridgehead atoms. The Bertz CT molecular complexity index is 484. The maximum absolute atomic E-state index is 12.1. The highest BCUT2D eigenvalue weighted by molar-refractivity contribution is 7.99. The number of aromatic nitrogens is 2. The van der Waals surface area contributed by atoms with Gasteiger partial charge >= 0.3 is 5.97 Å². The lowest BCUT2D eigenvalue weighted by Gasteiger charge is -2.19. The zero-order chi connectivity index (χ0) is 15.8. The molecule has 1 amide bonds. The van der Waals surface area contributed by atoms with Crippen LogP contribution in [0.15, 0.2) is 11.4 Å².